The van der Waals surface area contributed by atoms with Gasteiger partial charge in [0, 0.05) is 20.1 Å². The van der Waals surface area contributed by atoms with E-state index in [1.165, 1.54) is 0 Å². The van der Waals surface area contributed by atoms with E-state index in [9.17, 15) is 9.90 Å². The SMILES string of the molecule is CC(C)CC(C)(C)CNC(=O)N(C)CCC(C)O. The van der Waals surface area contributed by atoms with Crippen LogP contribution < -0.4 is 5.32 Å². The monoisotopic (exact) mass is 258 g/mol. The van der Waals surface area contributed by atoms with E-state index in [0.717, 1.165) is 6.42 Å². The van der Waals surface area contributed by atoms with E-state index in [-0.39, 0.29) is 17.6 Å². The standard InChI is InChI=1S/C14H30N2O2/c1-11(2)9-14(4,5)10-15-13(18)16(6)8-7-12(3)17/h11-12,17H,7-10H2,1-6H3,(H,15,18). The van der Waals surface area contributed by atoms with Crippen molar-refractivity contribution in [2.24, 2.45) is 11.3 Å². The molecule has 2 amide bonds. The van der Waals surface area contributed by atoms with Crippen LogP contribution in [0.1, 0.15) is 47.5 Å². The van der Waals surface area contributed by atoms with Gasteiger partial charge >= 0.3 is 6.03 Å². The molecule has 0 spiro atoms. The molecule has 0 rings (SSSR count). The van der Waals surface area contributed by atoms with Gasteiger partial charge in [-0.15, -0.1) is 0 Å². The minimum absolute atomic E-state index is 0.0625. The summed E-state index contributed by atoms with van der Waals surface area (Å²) in [5, 5.41) is 12.1. The summed E-state index contributed by atoms with van der Waals surface area (Å²) in [7, 11) is 1.76. The summed E-state index contributed by atoms with van der Waals surface area (Å²) in [4.78, 5) is 13.4. The number of urea groups is 1. The smallest absolute Gasteiger partial charge is 0.317 e. The van der Waals surface area contributed by atoms with Gasteiger partial charge in [0.2, 0.25) is 0 Å². The van der Waals surface area contributed by atoms with Crippen LogP contribution in [0.15, 0.2) is 0 Å². The van der Waals surface area contributed by atoms with Gasteiger partial charge in [0.1, 0.15) is 0 Å². The molecule has 0 aromatic rings. The van der Waals surface area contributed by atoms with Gasteiger partial charge in [-0.25, -0.2) is 4.79 Å². The van der Waals surface area contributed by atoms with Crippen molar-refractivity contribution in [2.75, 3.05) is 20.1 Å². The molecule has 2 N–H and O–H groups in total. The van der Waals surface area contributed by atoms with E-state index in [1.54, 1.807) is 18.9 Å². The molecule has 4 heteroatoms. The summed E-state index contributed by atoms with van der Waals surface area (Å²) in [6.45, 7) is 11.7. The first-order chi connectivity index (χ1) is 8.14. The lowest BCUT2D eigenvalue weighted by atomic mass is 9.84. The summed E-state index contributed by atoms with van der Waals surface area (Å²) >= 11 is 0. The molecule has 0 aliphatic carbocycles. The van der Waals surface area contributed by atoms with Gasteiger partial charge < -0.3 is 15.3 Å². The Hall–Kier alpha value is -0.770. The quantitative estimate of drug-likeness (QED) is 0.737. The number of aliphatic hydroxyl groups excluding tert-OH is 1. The van der Waals surface area contributed by atoms with Crippen LogP contribution in [-0.2, 0) is 0 Å². The molecule has 0 aliphatic heterocycles. The van der Waals surface area contributed by atoms with Crippen LogP contribution in [0.4, 0.5) is 4.79 Å². The number of amides is 2. The number of aliphatic hydroxyl groups is 1. The molecule has 0 heterocycles. The van der Waals surface area contributed by atoms with Crippen molar-refractivity contribution >= 4 is 6.03 Å². The molecule has 0 radical (unpaired) electrons. The lowest BCUT2D eigenvalue weighted by molar-refractivity contribution is 0.161. The summed E-state index contributed by atoms with van der Waals surface area (Å²) in [6.07, 6.45) is 1.34. The topological polar surface area (TPSA) is 52.6 Å². The molecule has 0 aromatic carbocycles. The van der Waals surface area contributed by atoms with E-state index < -0.39 is 0 Å². The predicted octanol–water partition coefficient (Wildman–Crippen LogP) is 2.47. The number of nitrogens with one attached hydrogen (secondary N) is 1. The van der Waals surface area contributed by atoms with Gasteiger partial charge in [0.25, 0.3) is 0 Å². The Morgan fingerprint density at radius 2 is 1.89 bits per heavy atom. The zero-order valence-corrected chi connectivity index (χ0v) is 12.8. The lowest BCUT2D eigenvalue weighted by Crippen LogP contribution is -2.42. The van der Waals surface area contributed by atoms with Crippen LogP contribution in [0, 0.1) is 11.3 Å². The Bertz CT molecular complexity index is 250. The molecule has 0 saturated heterocycles. The second-order valence-electron chi connectivity index (χ2n) is 6.48. The lowest BCUT2D eigenvalue weighted by Gasteiger charge is -2.28. The highest BCUT2D eigenvalue weighted by Gasteiger charge is 2.21. The number of carbonyl (C=O) groups excluding carboxylic acids is 1. The third-order valence-corrected chi connectivity index (χ3v) is 2.91. The molecule has 0 aromatic heterocycles. The molecule has 18 heavy (non-hydrogen) atoms. The van der Waals surface area contributed by atoms with Crippen molar-refractivity contribution in [1.29, 1.82) is 0 Å². The Morgan fingerprint density at radius 3 is 2.33 bits per heavy atom. The molecule has 1 atom stereocenters. The fourth-order valence-corrected chi connectivity index (χ4v) is 2.11. The first kappa shape index (κ1) is 17.2. The Balaban J connectivity index is 4.01. The largest absolute Gasteiger partial charge is 0.393 e. The van der Waals surface area contributed by atoms with E-state index in [2.05, 4.69) is 33.0 Å². The van der Waals surface area contributed by atoms with Crippen LogP contribution >= 0.6 is 0 Å². The maximum Gasteiger partial charge on any atom is 0.317 e. The fraction of sp³-hybridized carbons (Fsp3) is 0.929. The molecule has 108 valence electrons. The third kappa shape index (κ3) is 8.34. The van der Waals surface area contributed by atoms with Crippen LogP contribution in [0.2, 0.25) is 0 Å². The number of hydrogen-bond acceptors (Lipinski definition) is 2. The maximum atomic E-state index is 11.8. The normalized spacial score (nSPS) is 13.6. The van der Waals surface area contributed by atoms with E-state index >= 15 is 0 Å². The summed E-state index contributed by atoms with van der Waals surface area (Å²) in [5.74, 6) is 0.630. The number of rotatable bonds is 7. The Kier molecular flexibility index (Phi) is 7.29. The molecular weight excluding hydrogens is 228 g/mol. The summed E-state index contributed by atoms with van der Waals surface area (Å²) < 4.78 is 0. The van der Waals surface area contributed by atoms with E-state index in [0.29, 0.717) is 25.4 Å². The first-order valence-electron chi connectivity index (χ1n) is 6.81. The molecule has 0 fully saturated rings. The predicted molar refractivity (Wildman–Crippen MR) is 75.6 cm³/mol. The Morgan fingerprint density at radius 1 is 1.33 bits per heavy atom. The van der Waals surface area contributed by atoms with Crippen molar-refractivity contribution in [3.63, 3.8) is 0 Å². The van der Waals surface area contributed by atoms with Gasteiger partial charge in [-0.2, -0.15) is 0 Å². The third-order valence-electron chi connectivity index (χ3n) is 2.91. The highest BCUT2D eigenvalue weighted by atomic mass is 16.3. The number of hydrogen-bond donors (Lipinski definition) is 2. The van der Waals surface area contributed by atoms with Gasteiger partial charge in [-0.3, -0.25) is 0 Å². The molecular formula is C14H30N2O2. The van der Waals surface area contributed by atoms with Gasteiger partial charge in [-0.05, 0) is 31.1 Å². The maximum absolute atomic E-state index is 11.8. The van der Waals surface area contributed by atoms with E-state index in [1.807, 2.05) is 0 Å². The molecule has 0 bridgehead atoms. The second kappa shape index (κ2) is 7.62. The van der Waals surface area contributed by atoms with Gasteiger partial charge in [-0.1, -0.05) is 27.7 Å². The number of nitrogens with zero attached hydrogens (tertiary/aromatic N) is 1. The second-order valence-corrected chi connectivity index (χ2v) is 6.48. The Labute approximate surface area is 112 Å². The fourth-order valence-electron chi connectivity index (χ4n) is 2.11. The van der Waals surface area contributed by atoms with Crippen molar-refractivity contribution in [3.8, 4) is 0 Å². The van der Waals surface area contributed by atoms with Crippen molar-refractivity contribution < 1.29 is 9.90 Å². The summed E-state index contributed by atoms with van der Waals surface area (Å²) in [5.41, 5.74) is 0.120. The van der Waals surface area contributed by atoms with Crippen LogP contribution in [0.5, 0.6) is 0 Å². The molecule has 0 aliphatic rings. The molecule has 4 nitrogen and oxygen atoms in total. The minimum atomic E-state index is -0.363. The van der Waals surface area contributed by atoms with Crippen LogP contribution in [0.25, 0.3) is 0 Å². The van der Waals surface area contributed by atoms with Crippen LogP contribution in [-0.4, -0.2) is 42.3 Å². The first-order valence-corrected chi connectivity index (χ1v) is 6.81. The van der Waals surface area contributed by atoms with Gasteiger partial charge in [0.05, 0.1) is 6.10 Å². The van der Waals surface area contributed by atoms with Gasteiger partial charge in [0.15, 0.2) is 0 Å². The van der Waals surface area contributed by atoms with Crippen molar-refractivity contribution in [1.82, 2.24) is 10.2 Å². The minimum Gasteiger partial charge on any atom is -0.393 e. The number of carbonyl (C=O) groups is 1. The van der Waals surface area contributed by atoms with E-state index in [4.69, 9.17) is 0 Å². The highest BCUT2D eigenvalue weighted by Crippen LogP contribution is 2.24. The summed E-state index contributed by atoms with van der Waals surface area (Å²) in [6, 6.07) is -0.0625. The molecule has 0 saturated carbocycles. The average Bonchev–Trinajstić information content (AvgIpc) is 2.20. The average molecular weight is 258 g/mol. The van der Waals surface area contributed by atoms with Crippen molar-refractivity contribution in [3.05, 3.63) is 0 Å². The highest BCUT2D eigenvalue weighted by molar-refractivity contribution is 5.73. The zero-order chi connectivity index (χ0) is 14.3. The van der Waals surface area contributed by atoms with Crippen LogP contribution in [0.3, 0.4) is 0 Å². The van der Waals surface area contributed by atoms with Crippen molar-refractivity contribution in [2.45, 2.75) is 53.6 Å². The molecule has 1 unspecified atom stereocenters. The zero-order valence-electron chi connectivity index (χ0n) is 12.8.